The summed E-state index contributed by atoms with van der Waals surface area (Å²) in [5.41, 5.74) is 1.74. The molecule has 1 aliphatic rings. The van der Waals surface area contributed by atoms with E-state index in [1.807, 2.05) is 17.0 Å². The molecule has 2 heterocycles. The lowest BCUT2D eigenvalue weighted by Gasteiger charge is -2.22. The second kappa shape index (κ2) is 9.23. The fourth-order valence-corrected chi connectivity index (χ4v) is 3.52. The number of aromatic nitrogens is 1. The lowest BCUT2D eigenvalue weighted by molar-refractivity contribution is -0.132. The average Bonchev–Trinajstić information content (AvgIpc) is 2.81. The number of aliphatic hydroxyl groups is 1. The first-order valence-electron chi connectivity index (χ1n) is 8.97. The van der Waals surface area contributed by atoms with Crippen LogP contribution in [0.2, 0.25) is 5.02 Å². The van der Waals surface area contributed by atoms with Gasteiger partial charge in [0.25, 0.3) is 0 Å². The van der Waals surface area contributed by atoms with E-state index in [1.165, 1.54) is 0 Å². The van der Waals surface area contributed by atoms with E-state index in [2.05, 4.69) is 4.98 Å². The number of benzene rings is 1. The number of β-amino-alcohol motifs (C(OH)–C–C–N with tert-alkyl or cyclic N) is 1. The van der Waals surface area contributed by atoms with Gasteiger partial charge in [-0.25, -0.2) is 0 Å². The Morgan fingerprint density at radius 1 is 1.21 bits per heavy atom. The highest BCUT2D eigenvalue weighted by Gasteiger charge is 2.27. The van der Waals surface area contributed by atoms with Crippen molar-refractivity contribution in [1.82, 2.24) is 14.8 Å². The molecule has 1 N–H and O–H groups in total. The Hall–Kier alpha value is -2.35. The van der Waals surface area contributed by atoms with Crippen molar-refractivity contribution in [2.24, 2.45) is 0 Å². The third kappa shape index (κ3) is 4.92. The lowest BCUT2D eigenvalue weighted by Crippen LogP contribution is -2.36. The van der Waals surface area contributed by atoms with E-state index in [9.17, 15) is 9.90 Å². The number of hydrogen-bond donors (Lipinski definition) is 1. The minimum absolute atomic E-state index is 0.0444. The van der Waals surface area contributed by atoms with Crippen molar-refractivity contribution >= 4 is 17.5 Å². The maximum Gasteiger partial charge on any atom is 0.237 e. The molecule has 1 atom stereocenters. The summed E-state index contributed by atoms with van der Waals surface area (Å²) < 4.78 is 10.6. The fraction of sp³-hybridized carbons (Fsp3) is 0.400. The van der Waals surface area contributed by atoms with Crippen molar-refractivity contribution in [3.05, 3.63) is 52.8 Å². The summed E-state index contributed by atoms with van der Waals surface area (Å²) in [6.45, 7) is 1.70. The molecule has 1 aliphatic heterocycles. The normalized spacial score (nSPS) is 18.1. The molecular weight excluding hydrogens is 382 g/mol. The number of hydrogen-bond acceptors (Lipinski definition) is 6. The van der Waals surface area contributed by atoms with Crippen LogP contribution in [-0.2, 0) is 17.9 Å². The molecule has 1 aromatic carbocycles. The van der Waals surface area contributed by atoms with E-state index in [4.69, 9.17) is 21.1 Å². The molecule has 0 spiro atoms. The van der Waals surface area contributed by atoms with Gasteiger partial charge < -0.3 is 19.5 Å². The summed E-state index contributed by atoms with van der Waals surface area (Å²) in [6.07, 6.45) is 2.77. The molecule has 0 saturated carbocycles. The molecule has 1 aromatic heterocycles. The fourth-order valence-electron chi connectivity index (χ4n) is 3.31. The molecule has 0 radical (unpaired) electrons. The Kier molecular flexibility index (Phi) is 6.72. The first-order chi connectivity index (χ1) is 13.5. The van der Waals surface area contributed by atoms with Gasteiger partial charge in [-0.3, -0.25) is 14.7 Å². The van der Waals surface area contributed by atoms with Gasteiger partial charge in [-0.2, -0.15) is 0 Å². The second-order valence-electron chi connectivity index (χ2n) is 6.76. The Labute approximate surface area is 169 Å². The standard InChI is InChI=1S/C20H24ClN3O4/c1-27-18-6-15(17(21)7-19(18)28-2)10-23-11-16(25)12-24(20(26)13-23)9-14-4-3-5-22-8-14/h3-8,16,25H,9-13H2,1-2H3. The maximum absolute atomic E-state index is 12.7. The van der Waals surface area contributed by atoms with Crippen LogP contribution in [0.4, 0.5) is 0 Å². The molecule has 3 rings (SSSR count). The number of carbonyl (C=O) groups is 1. The molecule has 1 fully saturated rings. The van der Waals surface area contributed by atoms with Crippen LogP contribution in [0.5, 0.6) is 11.5 Å². The minimum Gasteiger partial charge on any atom is -0.493 e. The highest BCUT2D eigenvalue weighted by molar-refractivity contribution is 6.31. The zero-order chi connectivity index (χ0) is 20.1. The predicted molar refractivity (Wildman–Crippen MR) is 105 cm³/mol. The Balaban J connectivity index is 1.73. The van der Waals surface area contributed by atoms with Gasteiger partial charge in [-0.1, -0.05) is 17.7 Å². The highest BCUT2D eigenvalue weighted by Crippen LogP contribution is 2.33. The Morgan fingerprint density at radius 3 is 2.64 bits per heavy atom. The topological polar surface area (TPSA) is 75.1 Å². The summed E-state index contributed by atoms with van der Waals surface area (Å²) in [7, 11) is 3.11. The van der Waals surface area contributed by atoms with Crippen molar-refractivity contribution < 1.29 is 19.4 Å². The Bertz CT molecular complexity index is 819. The number of aliphatic hydroxyl groups excluding tert-OH is 1. The smallest absolute Gasteiger partial charge is 0.237 e. The van der Waals surface area contributed by atoms with E-state index in [0.29, 0.717) is 36.2 Å². The van der Waals surface area contributed by atoms with Crippen molar-refractivity contribution in [2.75, 3.05) is 33.9 Å². The van der Waals surface area contributed by atoms with Gasteiger partial charge in [0.15, 0.2) is 11.5 Å². The molecule has 0 bridgehead atoms. The van der Waals surface area contributed by atoms with Gasteiger partial charge in [-0.05, 0) is 23.3 Å². The second-order valence-corrected chi connectivity index (χ2v) is 7.16. The molecule has 2 aromatic rings. The summed E-state index contributed by atoms with van der Waals surface area (Å²) in [6, 6.07) is 7.25. The molecular formula is C20H24ClN3O4. The minimum atomic E-state index is -0.651. The van der Waals surface area contributed by atoms with Gasteiger partial charge in [0.05, 0.1) is 26.9 Å². The molecule has 28 heavy (non-hydrogen) atoms. The number of nitrogens with zero attached hydrogens (tertiary/aromatic N) is 3. The number of pyridine rings is 1. The Morgan fingerprint density at radius 2 is 1.96 bits per heavy atom. The van der Waals surface area contributed by atoms with E-state index < -0.39 is 6.10 Å². The van der Waals surface area contributed by atoms with Crippen LogP contribution in [0.25, 0.3) is 0 Å². The molecule has 1 amide bonds. The van der Waals surface area contributed by atoms with Crippen molar-refractivity contribution in [1.29, 1.82) is 0 Å². The molecule has 0 aliphatic carbocycles. The van der Waals surface area contributed by atoms with Crippen LogP contribution in [-0.4, -0.2) is 65.8 Å². The zero-order valence-electron chi connectivity index (χ0n) is 16.0. The molecule has 150 valence electrons. The van der Waals surface area contributed by atoms with Gasteiger partial charge in [-0.15, -0.1) is 0 Å². The van der Waals surface area contributed by atoms with Gasteiger partial charge >= 0.3 is 0 Å². The van der Waals surface area contributed by atoms with Crippen LogP contribution in [0, 0.1) is 0 Å². The number of methoxy groups -OCH3 is 2. The van der Waals surface area contributed by atoms with E-state index in [0.717, 1.165) is 11.1 Å². The third-order valence-corrected chi connectivity index (χ3v) is 5.01. The molecule has 1 saturated heterocycles. The van der Waals surface area contributed by atoms with E-state index in [-0.39, 0.29) is 19.0 Å². The summed E-state index contributed by atoms with van der Waals surface area (Å²) in [4.78, 5) is 20.4. The average molecular weight is 406 g/mol. The van der Waals surface area contributed by atoms with Crippen LogP contribution in [0.15, 0.2) is 36.7 Å². The van der Waals surface area contributed by atoms with E-state index in [1.54, 1.807) is 43.6 Å². The summed E-state index contributed by atoms with van der Waals surface area (Å²) in [5, 5.41) is 11.0. The SMILES string of the molecule is COc1cc(Cl)c(CN2CC(=O)N(Cc3cccnc3)CC(O)C2)cc1OC. The van der Waals surface area contributed by atoms with Crippen molar-refractivity contribution in [3.8, 4) is 11.5 Å². The third-order valence-electron chi connectivity index (χ3n) is 4.65. The van der Waals surface area contributed by atoms with Crippen LogP contribution < -0.4 is 9.47 Å². The number of halogens is 1. The number of rotatable bonds is 6. The van der Waals surface area contributed by atoms with E-state index >= 15 is 0 Å². The van der Waals surface area contributed by atoms with Gasteiger partial charge in [0.2, 0.25) is 5.91 Å². The van der Waals surface area contributed by atoms with Gasteiger partial charge in [0.1, 0.15) is 0 Å². The van der Waals surface area contributed by atoms with Crippen molar-refractivity contribution in [2.45, 2.75) is 19.2 Å². The molecule has 7 nitrogen and oxygen atoms in total. The quantitative estimate of drug-likeness (QED) is 0.791. The zero-order valence-corrected chi connectivity index (χ0v) is 16.7. The molecule has 8 heteroatoms. The number of ether oxygens (including phenoxy) is 2. The summed E-state index contributed by atoms with van der Waals surface area (Å²) >= 11 is 6.38. The van der Waals surface area contributed by atoms with Crippen molar-refractivity contribution in [3.63, 3.8) is 0 Å². The van der Waals surface area contributed by atoms with Crippen LogP contribution in [0.1, 0.15) is 11.1 Å². The number of carbonyl (C=O) groups excluding carboxylic acids is 1. The lowest BCUT2D eigenvalue weighted by atomic mass is 10.1. The number of amides is 1. The van der Waals surface area contributed by atoms with Gasteiger partial charge in [0, 0.05) is 49.7 Å². The predicted octanol–water partition coefficient (Wildman–Crippen LogP) is 1.96. The van der Waals surface area contributed by atoms with Crippen LogP contribution in [0.3, 0.4) is 0 Å². The first kappa shape index (κ1) is 20.4. The molecule has 1 unspecified atom stereocenters. The van der Waals surface area contributed by atoms with Crippen LogP contribution >= 0.6 is 11.6 Å². The first-order valence-corrected chi connectivity index (χ1v) is 9.35. The maximum atomic E-state index is 12.7. The summed E-state index contributed by atoms with van der Waals surface area (Å²) in [5.74, 6) is 1.07. The largest absolute Gasteiger partial charge is 0.493 e. The monoisotopic (exact) mass is 405 g/mol. The highest BCUT2D eigenvalue weighted by atomic mass is 35.5.